The molecule has 6 nitrogen and oxygen atoms in total. The molecule has 6 rings (SSSR count). The molecule has 4 aromatic carbocycles. The topological polar surface area (TPSA) is 58.4 Å². The molecule has 0 N–H and O–H groups in total. The molecule has 0 spiro atoms. The summed E-state index contributed by atoms with van der Waals surface area (Å²) in [5.41, 5.74) is 3.30. The fourth-order valence-corrected chi connectivity index (χ4v) is 5.35. The SMILES string of the molecule is Cc1ccc(-n2c(C(C)N3CCN(C(=O)c4ccc5ccccc5c4)CC3)nc3ccccc3c2=O)cc1. The van der Waals surface area contributed by atoms with Crippen LogP contribution in [0.25, 0.3) is 27.4 Å². The van der Waals surface area contributed by atoms with Gasteiger partial charge in [-0.15, -0.1) is 0 Å². The van der Waals surface area contributed by atoms with Gasteiger partial charge >= 0.3 is 0 Å². The maximum absolute atomic E-state index is 13.7. The van der Waals surface area contributed by atoms with E-state index in [0.29, 0.717) is 42.9 Å². The van der Waals surface area contributed by atoms with E-state index in [0.717, 1.165) is 27.6 Å². The number of fused-ring (bicyclic) bond motifs is 2. The van der Waals surface area contributed by atoms with E-state index in [-0.39, 0.29) is 17.5 Å². The van der Waals surface area contributed by atoms with E-state index in [1.54, 1.807) is 4.57 Å². The summed E-state index contributed by atoms with van der Waals surface area (Å²) in [5.74, 6) is 0.773. The number of aryl methyl sites for hydroxylation is 1. The van der Waals surface area contributed by atoms with Gasteiger partial charge in [0.05, 0.1) is 22.6 Å². The summed E-state index contributed by atoms with van der Waals surface area (Å²) in [5, 5.41) is 2.81. The highest BCUT2D eigenvalue weighted by molar-refractivity contribution is 5.98. The summed E-state index contributed by atoms with van der Waals surface area (Å²) in [6.07, 6.45) is 0. The maximum atomic E-state index is 13.7. The Kier molecular flexibility index (Phi) is 6.26. The highest BCUT2D eigenvalue weighted by Crippen LogP contribution is 2.25. The monoisotopic (exact) mass is 502 g/mol. The number of carbonyl (C=O) groups excluding carboxylic acids is 1. The van der Waals surface area contributed by atoms with Gasteiger partial charge in [-0.2, -0.15) is 0 Å². The van der Waals surface area contributed by atoms with Crippen molar-refractivity contribution in [3.05, 3.63) is 118 Å². The minimum absolute atomic E-state index is 0.0588. The van der Waals surface area contributed by atoms with Crippen molar-refractivity contribution in [1.29, 1.82) is 0 Å². The normalized spacial score (nSPS) is 15.2. The molecule has 0 saturated carbocycles. The zero-order chi connectivity index (χ0) is 26.2. The van der Waals surface area contributed by atoms with E-state index in [4.69, 9.17) is 4.98 Å². The molecule has 1 unspecified atom stereocenters. The first kappa shape index (κ1) is 24.1. The maximum Gasteiger partial charge on any atom is 0.266 e. The molecule has 1 aliphatic heterocycles. The summed E-state index contributed by atoms with van der Waals surface area (Å²) in [6.45, 7) is 6.79. The predicted molar refractivity (Wildman–Crippen MR) is 152 cm³/mol. The second-order valence-corrected chi connectivity index (χ2v) is 10.0. The van der Waals surface area contributed by atoms with Crippen LogP contribution >= 0.6 is 0 Å². The molecule has 1 saturated heterocycles. The second-order valence-electron chi connectivity index (χ2n) is 10.0. The first-order chi connectivity index (χ1) is 18.5. The lowest BCUT2D eigenvalue weighted by Gasteiger charge is -2.38. The van der Waals surface area contributed by atoms with Gasteiger partial charge < -0.3 is 4.90 Å². The van der Waals surface area contributed by atoms with Gasteiger partial charge in [-0.1, -0.05) is 60.2 Å². The Bertz CT molecular complexity index is 1700. The molecule has 6 heteroatoms. The molecule has 0 aliphatic carbocycles. The summed E-state index contributed by atoms with van der Waals surface area (Å²) >= 11 is 0. The van der Waals surface area contributed by atoms with Crippen LogP contribution in [0, 0.1) is 6.92 Å². The van der Waals surface area contributed by atoms with Gasteiger partial charge in [0.25, 0.3) is 11.5 Å². The Morgan fingerprint density at radius 2 is 1.50 bits per heavy atom. The number of benzene rings is 4. The number of aromatic nitrogens is 2. The Morgan fingerprint density at radius 1 is 0.816 bits per heavy atom. The molecule has 38 heavy (non-hydrogen) atoms. The largest absolute Gasteiger partial charge is 0.336 e. The molecule has 1 atom stereocenters. The van der Waals surface area contributed by atoms with Crippen LogP contribution in [0.5, 0.6) is 0 Å². The quantitative estimate of drug-likeness (QED) is 0.332. The lowest BCUT2D eigenvalue weighted by molar-refractivity contribution is 0.0573. The van der Waals surface area contributed by atoms with Gasteiger partial charge in [0.2, 0.25) is 0 Å². The number of para-hydroxylation sites is 1. The second kappa shape index (κ2) is 9.88. The number of nitrogens with zero attached hydrogens (tertiary/aromatic N) is 4. The number of hydrogen-bond donors (Lipinski definition) is 0. The van der Waals surface area contributed by atoms with Gasteiger partial charge in [-0.05, 0) is 61.0 Å². The highest BCUT2D eigenvalue weighted by atomic mass is 16.2. The van der Waals surface area contributed by atoms with Crippen molar-refractivity contribution < 1.29 is 4.79 Å². The number of rotatable bonds is 4. The first-order valence-electron chi connectivity index (χ1n) is 13.1. The number of carbonyl (C=O) groups is 1. The van der Waals surface area contributed by atoms with Gasteiger partial charge in [-0.3, -0.25) is 19.1 Å². The minimum atomic E-state index is -0.105. The Labute approximate surface area is 221 Å². The van der Waals surface area contributed by atoms with Crippen molar-refractivity contribution in [3.63, 3.8) is 0 Å². The molecule has 0 radical (unpaired) electrons. The molecular weight excluding hydrogens is 472 g/mol. The lowest BCUT2D eigenvalue weighted by Crippen LogP contribution is -2.50. The fourth-order valence-electron chi connectivity index (χ4n) is 5.35. The van der Waals surface area contributed by atoms with Crippen LogP contribution in [0.2, 0.25) is 0 Å². The Balaban J connectivity index is 1.27. The predicted octanol–water partition coefficient (Wildman–Crippen LogP) is 5.37. The van der Waals surface area contributed by atoms with Crippen molar-refractivity contribution >= 4 is 27.6 Å². The van der Waals surface area contributed by atoms with Crippen molar-refractivity contribution in [1.82, 2.24) is 19.4 Å². The van der Waals surface area contributed by atoms with Crippen molar-refractivity contribution in [2.75, 3.05) is 26.2 Å². The molecule has 0 bridgehead atoms. The van der Waals surface area contributed by atoms with Gasteiger partial charge in [-0.25, -0.2) is 4.98 Å². The van der Waals surface area contributed by atoms with Gasteiger partial charge in [0.1, 0.15) is 5.82 Å². The summed E-state index contributed by atoms with van der Waals surface area (Å²) in [6, 6.07) is 29.4. The Hall–Kier alpha value is -4.29. The van der Waals surface area contributed by atoms with Crippen LogP contribution in [-0.4, -0.2) is 51.4 Å². The van der Waals surface area contributed by atoms with Crippen molar-refractivity contribution in [2.45, 2.75) is 19.9 Å². The third-order valence-electron chi connectivity index (χ3n) is 7.61. The molecule has 1 aliphatic rings. The van der Waals surface area contributed by atoms with E-state index < -0.39 is 0 Å². The number of piperazine rings is 1. The summed E-state index contributed by atoms with van der Waals surface area (Å²) in [4.78, 5) is 36.2. The van der Waals surface area contributed by atoms with Crippen molar-refractivity contribution in [2.24, 2.45) is 0 Å². The van der Waals surface area contributed by atoms with E-state index in [2.05, 4.69) is 17.9 Å². The van der Waals surface area contributed by atoms with Crippen LogP contribution in [0.4, 0.5) is 0 Å². The molecule has 1 amide bonds. The fraction of sp³-hybridized carbons (Fsp3) is 0.219. The average Bonchev–Trinajstić information content (AvgIpc) is 2.97. The number of amides is 1. The summed E-state index contributed by atoms with van der Waals surface area (Å²) in [7, 11) is 0. The van der Waals surface area contributed by atoms with Gasteiger partial charge in [0.15, 0.2) is 0 Å². The average molecular weight is 503 g/mol. The standard InChI is InChI=1S/C32H30N4O2/c1-22-11-15-27(16-12-22)36-30(33-29-10-6-5-9-28(29)32(36)38)23(2)34-17-19-35(20-18-34)31(37)26-14-13-24-7-3-4-8-25(24)21-26/h3-16,21,23H,17-20H2,1-2H3. The first-order valence-corrected chi connectivity index (χ1v) is 13.1. The van der Waals surface area contributed by atoms with E-state index in [9.17, 15) is 9.59 Å². The summed E-state index contributed by atoms with van der Waals surface area (Å²) < 4.78 is 1.75. The smallest absolute Gasteiger partial charge is 0.266 e. The Morgan fingerprint density at radius 3 is 2.26 bits per heavy atom. The number of hydrogen-bond acceptors (Lipinski definition) is 4. The molecule has 190 valence electrons. The zero-order valence-electron chi connectivity index (χ0n) is 21.7. The lowest BCUT2D eigenvalue weighted by atomic mass is 10.1. The van der Waals surface area contributed by atoms with Crippen LogP contribution in [0.1, 0.15) is 34.7 Å². The van der Waals surface area contributed by atoms with E-state index in [1.807, 2.05) is 96.8 Å². The van der Waals surface area contributed by atoms with E-state index in [1.165, 1.54) is 0 Å². The molecule has 1 fully saturated rings. The van der Waals surface area contributed by atoms with Gasteiger partial charge in [0, 0.05) is 31.7 Å². The molecule has 2 heterocycles. The molecule has 1 aromatic heterocycles. The minimum Gasteiger partial charge on any atom is -0.336 e. The van der Waals surface area contributed by atoms with Crippen LogP contribution in [-0.2, 0) is 0 Å². The van der Waals surface area contributed by atoms with E-state index >= 15 is 0 Å². The highest BCUT2D eigenvalue weighted by Gasteiger charge is 2.28. The third-order valence-corrected chi connectivity index (χ3v) is 7.61. The van der Waals surface area contributed by atoms with Crippen LogP contribution in [0.15, 0.2) is 95.8 Å². The van der Waals surface area contributed by atoms with Crippen LogP contribution < -0.4 is 5.56 Å². The van der Waals surface area contributed by atoms with Crippen molar-refractivity contribution in [3.8, 4) is 5.69 Å². The zero-order valence-corrected chi connectivity index (χ0v) is 21.7. The third kappa shape index (κ3) is 4.37. The molecule has 5 aromatic rings. The molecular formula is C32H30N4O2. The van der Waals surface area contributed by atoms with Crippen LogP contribution in [0.3, 0.4) is 0 Å².